The summed E-state index contributed by atoms with van der Waals surface area (Å²) in [6.45, 7) is 8.62. The molecule has 176 valence electrons. The molecular weight excluding hydrogens is 436 g/mol. The van der Waals surface area contributed by atoms with E-state index in [1.54, 1.807) is 0 Å². The minimum Gasteiger partial charge on any atom is -0.353 e. The van der Waals surface area contributed by atoms with E-state index in [2.05, 4.69) is 62.6 Å². The van der Waals surface area contributed by atoms with Crippen LogP contribution in [0.15, 0.2) is 72.8 Å². The van der Waals surface area contributed by atoms with Crippen LogP contribution in [0.5, 0.6) is 0 Å². The van der Waals surface area contributed by atoms with Gasteiger partial charge in [0, 0.05) is 16.8 Å². The Balaban J connectivity index is 1.48. The van der Waals surface area contributed by atoms with Crippen LogP contribution in [0.1, 0.15) is 79.1 Å². The number of thiocarbonyl (C=S) groups is 1. The maximum atomic E-state index is 13.1. The molecule has 0 unspecified atom stereocenters. The zero-order valence-corrected chi connectivity index (χ0v) is 21.4. The van der Waals surface area contributed by atoms with Gasteiger partial charge in [-0.25, -0.2) is 0 Å². The van der Waals surface area contributed by atoms with E-state index in [0.717, 1.165) is 18.5 Å². The van der Waals surface area contributed by atoms with Crippen LogP contribution in [-0.2, 0) is 11.0 Å². The van der Waals surface area contributed by atoms with E-state index >= 15 is 0 Å². The maximum absolute atomic E-state index is 13.1. The lowest BCUT2D eigenvalue weighted by Gasteiger charge is -2.32. The van der Waals surface area contributed by atoms with Crippen molar-refractivity contribution in [2.24, 2.45) is 0 Å². The highest BCUT2D eigenvalue weighted by Crippen LogP contribution is 2.39. The number of carbonyl (C=O) groups excluding carboxylic acids is 1. The number of carbonyl (C=O) groups is 1. The second-order valence-electron chi connectivity index (χ2n) is 10.5. The Kier molecular flexibility index (Phi) is 6.90. The standard InChI is InChI=1S/C30H34N2OS/c1-21-10-14-25(15-11-21)30(18-5-6-19-30)32-28(34)31-26-9-7-8-23(20-26)27(33)22-12-16-24(17-13-22)29(2,3)4/h7-17,20H,5-6,18-19H2,1-4H3,(H2,31,32,34). The molecule has 0 bridgehead atoms. The van der Waals surface area contributed by atoms with Crippen LogP contribution in [0, 0.1) is 6.92 Å². The van der Waals surface area contributed by atoms with Crippen LogP contribution in [0.4, 0.5) is 5.69 Å². The largest absolute Gasteiger partial charge is 0.353 e. The Morgan fingerprint density at radius 3 is 2.15 bits per heavy atom. The van der Waals surface area contributed by atoms with Crippen LogP contribution in [0.25, 0.3) is 0 Å². The minimum atomic E-state index is -0.139. The lowest BCUT2D eigenvalue weighted by Crippen LogP contribution is -2.45. The van der Waals surface area contributed by atoms with Crippen molar-refractivity contribution in [2.75, 3.05) is 5.32 Å². The molecule has 3 aromatic rings. The van der Waals surface area contributed by atoms with Gasteiger partial charge in [0.25, 0.3) is 0 Å². The molecule has 0 aromatic heterocycles. The van der Waals surface area contributed by atoms with E-state index in [1.807, 2.05) is 48.5 Å². The van der Waals surface area contributed by atoms with Gasteiger partial charge in [-0.3, -0.25) is 4.79 Å². The molecule has 0 spiro atoms. The van der Waals surface area contributed by atoms with Crippen LogP contribution >= 0.6 is 12.2 Å². The average Bonchev–Trinajstić information content (AvgIpc) is 3.28. The van der Waals surface area contributed by atoms with Crippen molar-refractivity contribution < 1.29 is 4.79 Å². The van der Waals surface area contributed by atoms with Gasteiger partial charge in [0.15, 0.2) is 10.9 Å². The predicted molar refractivity (Wildman–Crippen MR) is 146 cm³/mol. The number of anilines is 1. The van der Waals surface area contributed by atoms with E-state index in [0.29, 0.717) is 16.2 Å². The fraction of sp³-hybridized carbons (Fsp3) is 0.333. The smallest absolute Gasteiger partial charge is 0.193 e. The Morgan fingerprint density at radius 2 is 1.53 bits per heavy atom. The molecule has 0 heterocycles. The Labute approximate surface area is 209 Å². The predicted octanol–water partition coefficient (Wildman–Crippen LogP) is 7.28. The van der Waals surface area contributed by atoms with Crippen molar-refractivity contribution in [1.82, 2.24) is 5.32 Å². The highest BCUT2D eigenvalue weighted by molar-refractivity contribution is 7.80. The van der Waals surface area contributed by atoms with Gasteiger partial charge in [0.1, 0.15) is 0 Å². The van der Waals surface area contributed by atoms with Gasteiger partial charge in [-0.1, -0.05) is 99.8 Å². The molecule has 1 saturated carbocycles. The molecule has 3 nitrogen and oxygen atoms in total. The van der Waals surface area contributed by atoms with Crippen LogP contribution in [0.3, 0.4) is 0 Å². The summed E-state index contributed by atoms with van der Waals surface area (Å²) in [4.78, 5) is 13.1. The Hall–Kier alpha value is -2.98. The molecule has 0 aliphatic heterocycles. The van der Waals surface area contributed by atoms with Gasteiger partial charge < -0.3 is 10.6 Å². The van der Waals surface area contributed by atoms with E-state index in [1.165, 1.54) is 29.5 Å². The van der Waals surface area contributed by atoms with Gasteiger partial charge in [0.05, 0.1) is 5.54 Å². The summed E-state index contributed by atoms with van der Waals surface area (Å²) in [7, 11) is 0. The lowest BCUT2D eigenvalue weighted by molar-refractivity contribution is 0.103. The van der Waals surface area contributed by atoms with Crippen molar-refractivity contribution >= 4 is 28.8 Å². The highest BCUT2D eigenvalue weighted by Gasteiger charge is 2.36. The number of hydrogen-bond donors (Lipinski definition) is 2. The third-order valence-electron chi connectivity index (χ3n) is 6.81. The molecular formula is C30H34N2OS. The van der Waals surface area contributed by atoms with Crippen molar-refractivity contribution in [2.45, 2.75) is 64.3 Å². The summed E-state index contributed by atoms with van der Waals surface area (Å²) in [6.07, 6.45) is 4.48. The summed E-state index contributed by atoms with van der Waals surface area (Å²) < 4.78 is 0. The summed E-state index contributed by atoms with van der Waals surface area (Å²) >= 11 is 5.71. The number of rotatable bonds is 5. The molecule has 2 N–H and O–H groups in total. The first-order valence-electron chi connectivity index (χ1n) is 12.1. The Morgan fingerprint density at radius 1 is 0.882 bits per heavy atom. The maximum Gasteiger partial charge on any atom is 0.193 e. The van der Waals surface area contributed by atoms with E-state index < -0.39 is 0 Å². The molecule has 0 saturated heterocycles. The second-order valence-corrected chi connectivity index (χ2v) is 10.9. The third-order valence-corrected chi connectivity index (χ3v) is 7.01. The van der Waals surface area contributed by atoms with Crippen molar-refractivity contribution in [3.63, 3.8) is 0 Å². The Bertz CT molecular complexity index is 1170. The van der Waals surface area contributed by atoms with Gasteiger partial charge in [-0.2, -0.15) is 0 Å². The van der Waals surface area contributed by atoms with E-state index in [9.17, 15) is 4.79 Å². The number of ketones is 1. The first-order valence-corrected chi connectivity index (χ1v) is 12.5. The molecule has 0 atom stereocenters. The molecule has 0 amide bonds. The van der Waals surface area contributed by atoms with Crippen LogP contribution < -0.4 is 10.6 Å². The van der Waals surface area contributed by atoms with E-state index in [-0.39, 0.29) is 16.7 Å². The monoisotopic (exact) mass is 470 g/mol. The van der Waals surface area contributed by atoms with Gasteiger partial charge in [0.2, 0.25) is 0 Å². The SMILES string of the molecule is Cc1ccc(C2(NC(=S)Nc3cccc(C(=O)c4ccc(C(C)(C)C)cc4)c3)CCCC2)cc1. The minimum absolute atomic E-state index is 0.00917. The third kappa shape index (κ3) is 5.39. The number of nitrogens with one attached hydrogen (secondary N) is 2. The number of aryl methyl sites for hydroxylation is 1. The molecule has 1 fully saturated rings. The molecule has 0 radical (unpaired) electrons. The zero-order chi connectivity index (χ0) is 24.3. The first kappa shape index (κ1) is 24.2. The average molecular weight is 471 g/mol. The molecule has 3 aromatic carbocycles. The second kappa shape index (κ2) is 9.71. The quantitative estimate of drug-likeness (QED) is 0.304. The molecule has 1 aliphatic carbocycles. The summed E-state index contributed by atoms with van der Waals surface area (Å²) in [6, 6.07) is 24.2. The molecule has 4 rings (SSSR count). The van der Waals surface area contributed by atoms with Crippen molar-refractivity contribution in [1.29, 1.82) is 0 Å². The lowest BCUT2D eigenvalue weighted by atomic mass is 9.86. The topological polar surface area (TPSA) is 41.1 Å². The van der Waals surface area contributed by atoms with Crippen molar-refractivity contribution in [3.05, 3.63) is 101 Å². The summed E-state index contributed by atoms with van der Waals surface area (Å²) in [5.74, 6) is 0.00917. The van der Waals surface area contributed by atoms with Crippen molar-refractivity contribution in [3.8, 4) is 0 Å². The fourth-order valence-corrected chi connectivity index (χ4v) is 5.06. The zero-order valence-electron chi connectivity index (χ0n) is 20.6. The van der Waals surface area contributed by atoms with Gasteiger partial charge in [-0.15, -0.1) is 0 Å². The molecule has 34 heavy (non-hydrogen) atoms. The first-order chi connectivity index (χ1) is 16.2. The normalized spacial score (nSPS) is 15.1. The fourth-order valence-electron chi connectivity index (χ4n) is 4.74. The summed E-state index contributed by atoms with van der Waals surface area (Å²) in [5, 5.41) is 7.52. The van der Waals surface area contributed by atoms with Crippen LogP contribution in [-0.4, -0.2) is 10.9 Å². The highest BCUT2D eigenvalue weighted by atomic mass is 32.1. The number of hydrogen-bond acceptors (Lipinski definition) is 2. The van der Waals surface area contributed by atoms with E-state index in [4.69, 9.17) is 12.2 Å². The van der Waals surface area contributed by atoms with Crippen LogP contribution in [0.2, 0.25) is 0 Å². The molecule has 4 heteroatoms. The summed E-state index contributed by atoms with van der Waals surface area (Å²) in [5.41, 5.74) is 5.82. The van der Waals surface area contributed by atoms with Gasteiger partial charge >= 0.3 is 0 Å². The molecule has 1 aliphatic rings. The van der Waals surface area contributed by atoms with Gasteiger partial charge in [-0.05, 0) is 60.7 Å². The number of benzene rings is 3.